The normalized spacial score (nSPS) is 11.0. The molecule has 9 heteroatoms. The van der Waals surface area contributed by atoms with Crippen molar-refractivity contribution >= 4 is 21.8 Å². The van der Waals surface area contributed by atoms with Crippen LogP contribution in [0.2, 0.25) is 0 Å². The molecule has 116 valence electrons. The minimum Gasteiger partial charge on any atom is -0.356 e. The van der Waals surface area contributed by atoms with Crippen molar-refractivity contribution in [1.29, 1.82) is 0 Å². The van der Waals surface area contributed by atoms with Crippen LogP contribution in [0.25, 0.3) is 0 Å². The lowest BCUT2D eigenvalue weighted by molar-refractivity contribution is -0.120. The number of carbonyl (C=O) groups is 2. The van der Waals surface area contributed by atoms with Crippen molar-refractivity contribution in [3.63, 3.8) is 0 Å². The average molecular weight is 314 g/mol. The predicted octanol–water partition coefficient (Wildman–Crippen LogP) is -1.37. The van der Waals surface area contributed by atoms with Crippen LogP contribution in [0.4, 0.5) is 0 Å². The maximum atomic E-state index is 11.9. The lowest BCUT2D eigenvalue weighted by Gasteiger charge is -2.07. The summed E-state index contributed by atoms with van der Waals surface area (Å²) in [4.78, 5) is 21.7. The molecule has 0 radical (unpaired) electrons. The second-order valence-corrected chi connectivity index (χ2v) is 6.04. The van der Waals surface area contributed by atoms with Crippen molar-refractivity contribution in [2.24, 2.45) is 5.84 Å². The summed E-state index contributed by atoms with van der Waals surface area (Å²) in [7, 11) is -3.75. The molecule has 21 heavy (non-hydrogen) atoms. The van der Waals surface area contributed by atoms with E-state index in [0.29, 0.717) is 13.0 Å². The number of rotatable bonds is 7. The number of carbonyl (C=O) groups excluding carboxylic acids is 2. The summed E-state index contributed by atoms with van der Waals surface area (Å²) in [5.74, 6) is 4.12. The van der Waals surface area contributed by atoms with Gasteiger partial charge in [-0.05, 0) is 24.1 Å². The molecule has 0 saturated heterocycles. The number of sulfonamides is 1. The van der Waals surface area contributed by atoms with Crippen molar-refractivity contribution in [1.82, 2.24) is 15.5 Å². The van der Waals surface area contributed by atoms with E-state index < -0.39 is 22.5 Å². The van der Waals surface area contributed by atoms with Crippen LogP contribution in [0.1, 0.15) is 12.5 Å². The Morgan fingerprint density at radius 1 is 1.19 bits per heavy atom. The van der Waals surface area contributed by atoms with Crippen molar-refractivity contribution in [3.8, 4) is 0 Å². The Labute approximate surface area is 123 Å². The first kappa shape index (κ1) is 17.1. The first-order valence-electron chi connectivity index (χ1n) is 6.17. The lowest BCUT2D eigenvalue weighted by Crippen LogP contribution is -2.40. The van der Waals surface area contributed by atoms with Crippen LogP contribution in [-0.2, 0) is 26.0 Å². The van der Waals surface area contributed by atoms with E-state index in [1.165, 1.54) is 19.1 Å². The number of nitrogens with one attached hydrogen (secondary N) is 3. The minimum absolute atomic E-state index is 0.0515. The molecule has 1 aromatic carbocycles. The molecule has 0 aliphatic heterocycles. The largest absolute Gasteiger partial charge is 0.356 e. The fourth-order valence-corrected chi connectivity index (χ4v) is 2.50. The predicted molar refractivity (Wildman–Crippen MR) is 76.3 cm³/mol. The molecule has 0 spiro atoms. The first-order chi connectivity index (χ1) is 9.85. The SMILES string of the molecule is CC(=O)NCCc1ccc(S(=O)(=O)NCC(=O)NN)cc1. The van der Waals surface area contributed by atoms with E-state index in [1.54, 1.807) is 12.1 Å². The van der Waals surface area contributed by atoms with Crippen molar-refractivity contribution < 1.29 is 18.0 Å². The van der Waals surface area contributed by atoms with Gasteiger partial charge in [-0.15, -0.1) is 0 Å². The number of amides is 2. The van der Waals surface area contributed by atoms with E-state index in [2.05, 4.69) is 10.0 Å². The molecular weight excluding hydrogens is 296 g/mol. The summed E-state index contributed by atoms with van der Waals surface area (Å²) in [6.45, 7) is 1.48. The van der Waals surface area contributed by atoms with E-state index >= 15 is 0 Å². The Morgan fingerprint density at radius 2 is 1.81 bits per heavy atom. The molecule has 0 aliphatic rings. The van der Waals surface area contributed by atoms with E-state index in [4.69, 9.17) is 5.84 Å². The Balaban J connectivity index is 2.63. The third-order valence-corrected chi connectivity index (χ3v) is 4.02. The van der Waals surface area contributed by atoms with Crippen LogP contribution in [0.5, 0.6) is 0 Å². The number of hydrazine groups is 1. The molecule has 0 heterocycles. The van der Waals surface area contributed by atoms with Gasteiger partial charge < -0.3 is 5.32 Å². The molecule has 8 nitrogen and oxygen atoms in total. The average Bonchev–Trinajstić information content (AvgIpc) is 2.45. The summed E-state index contributed by atoms with van der Waals surface area (Å²) in [5, 5.41) is 2.65. The Bertz CT molecular complexity index is 598. The highest BCUT2D eigenvalue weighted by Gasteiger charge is 2.14. The van der Waals surface area contributed by atoms with Crippen LogP contribution in [0, 0.1) is 0 Å². The smallest absolute Gasteiger partial charge is 0.248 e. The van der Waals surface area contributed by atoms with Crippen molar-refractivity contribution in [3.05, 3.63) is 29.8 Å². The van der Waals surface area contributed by atoms with Gasteiger partial charge in [-0.25, -0.2) is 19.0 Å². The quantitative estimate of drug-likeness (QED) is 0.280. The maximum absolute atomic E-state index is 11.9. The summed E-state index contributed by atoms with van der Waals surface area (Å²) in [6.07, 6.45) is 0.600. The summed E-state index contributed by atoms with van der Waals surface area (Å²) in [6, 6.07) is 6.18. The molecule has 0 aromatic heterocycles. The standard InChI is InChI=1S/C12H18N4O4S/c1-9(17)14-7-6-10-2-4-11(5-3-10)21(19,20)15-8-12(18)16-13/h2-5,15H,6-8,13H2,1H3,(H,14,17)(H,16,18). The molecule has 0 bridgehead atoms. The van der Waals surface area contributed by atoms with Gasteiger partial charge in [0.05, 0.1) is 11.4 Å². The summed E-state index contributed by atoms with van der Waals surface area (Å²) >= 11 is 0. The highest BCUT2D eigenvalue weighted by atomic mass is 32.2. The zero-order valence-electron chi connectivity index (χ0n) is 11.5. The first-order valence-corrected chi connectivity index (χ1v) is 7.66. The van der Waals surface area contributed by atoms with Gasteiger partial charge >= 0.3 is 0 Å². The molecule has 0 aliphatic carbocycles. The van der Waals surface area contributed by atoms with E-state index in [0.717, 1.165) is 5.56 Å². The number of hydrogen-bond donors (Lipinski definition) is 4. The fraction of sp³-hybridized carbons (Fsp3) is 0.333. The van der Waals surface area contributed by atoms with E-state index in [1.807, 2.05) is 5.43 Å². The summed E-state index contributed by atoms with van der Waals surface area (Å²) in [5.41, 5.74) is 2.72. The van der Waals surface area contributed by atoms with Crippen molar-refractivity contribution in [2.45, 2.75) is 18.2 Å². The summed E-state index contributed by atoms with van der Waals surface area (Å²) < 4.78 is 25.9. The zero-order chi connectivity index (χ0) is 15.9. The topological polar surface area (TPSA) is 130 Å². The third-order valence-electron chi connectivity index (χ3n) is 2.61. The van der Waals surface area contributed by atoms with Crippen LogP contribution in [0.15, 0.2) is 29.2 Å². The zero-order valence-corrected chi connectivity index (χ0v) is 12.4. The molecule has 2 amide bonds. The Morgan fingerprint density at radius 3 is 2.33 bits per heavy atom. The van der Waals surface area contributed by atoms with Gasteiger partial charge in [-0.3, -0.25) is 15.0 Å². The Kier molecular flexibility index (Phi) is 6.28. The van der Waals surface area contributed by atoms with Gasteiger partial charge in [-0.1, -0.05) is 12.1 Å². The van der Waals surface area contributed by atoms with Gasteiger partial charge in [0.1, 0.15) is 0 Å². The monoisotopic (exact) mass is 314 g/mol. The van der Waals surface area contributed by atoms with Gasteiger partial charge in [0, 0.05) is 13.5 Å². The second-order valence-electron chi connectivity index (χ2n) is 4.27. The highest BCUT2D eigenvalue weighted by molar-refractivity contribution is 7.89. The van der Waals surface area contributed by atoms with Crippen molar-refractivity contribution in [2.75, 3.05) is 13.1 Å². The van der Waals surface area contributed by atoms with Crippen LogP contribution < -0.4 is 21.3 Å². The van der Waals surface area contributed by atoms with Crippen LogP contribution >= 0.6 is 0 Å². The molecule has 1 aromatic rings. The maximum Gasteiger partial charge on any atom is 0.248 e. The number of benzene rings is 1. The Hall–Kier alpha value is -1.97. The second kappa shape index (κ2) is 7.72. The lowest BCUT2D eigenvalue weighted by atomic mass is 10.1. The van der Waals surface area contributed by atoms with Gasteiger partial charge in [0.25, 0.3) is 0 Å². The van der Waals surface area contributed by atoms with Gasteiger partial charge in [0.2, 0.25) is 21.8 Å². The molecule has 0 unspecified atom stereocenters. The van der Waals surface area contributed by atoms with Crippen LogP contribution in [-0.4, -0.2) is 33.3 Å². The molecule has 0 saturated carbocycles. The van der Waals surface area contributed by atoms with Gasteiger partial charge in [-0.2, -0.15) is 0 Å². The number of nitrogens with two attached hydrogens (primary N) is 1. The fourth-order valence-electron chi connectivity index (χ4n) is 1.51. The molecule has 0 fully saturated rings. The van der Waals surface area contributed by atoms with Crippen LogP contribution in [0.3, 0.4) is 0 Å². The van der Waals surface area contributed by atoms with E-state index in [-0.39, 0.29) is 10.8 Å². The molecule has 1 rings (SSSR count). The highest BCUT2D eigenvalue weighted by Crippen LogP contribution is 2.10. The molecular formula is C12H18N4O4S. The molecule has 0 atom stereocenters. The number of hydrogen-bond acceptors (Lipinski definition) is 5. The molecule has 5 N–H and O–H groups in total. The van der Waals surface area contributed by atoms with Gasteiger partial charge in [0.15, 0.2) is 0 Å². The minimum atomic E-state index is -3.75. The third kappa shape index (κ3) is 5.90. The van der Waals surface area contributed by atoms with E-state index in [9.17, 15) is 18.0 Å².